The molecule has 2 aliphatic rings. The number of anilines is 2. The van der Waals surface area contributed by atoms with Crippen LogP contribution < -0.4 is 13.9 Å². The van der Waals surface area contributed by atoms with Gasteiger partial charge in [0.2, 0.25) is 0 Å². The van der Waals surface area contributed by atoms with Gasteiger partial charge in [-0.25, -0.2) is 13.2 Å². The molecule has 0 spiro atoms. The lowest BCUT2D eigenvalue weighted by molar-refractivity contribution is -0.385. The van der Waals surface area contributed by atoms with Crippen LogP contribution in [0.3, 0.4) is 0 Å². The van der Waals surface area contributed by atoms with E-state index >= 15 is 0 Å². The molecule has 0 bridgehead atoms. The number of nitrogens with zero attached hydrogens (tertiary/aromatic N) is 4. The Morgan fingerprint density at radius 3 is 2.39 bits per heavy atom. The molecule has 4 rings (SSSR count). The summed E-state index contributed by atoms with van der Waals surface area (Å²) in [6, 6.07) is 10.1. The Hall–Kier alpha value is -3.54. The first-order valence-corrected chi connectivity index (χ1v) is 11.0. The zero-order chi connectivity index (χ0) is 22.2. The quantitative estimate of drug-likeness (QED) is 0.554. The van der Waals surface area contributed by atoms with Gasteiger partial charge in [0.1, 0.15) is 6.61 Å². The summed E-state index contributed by atoms with van der Waals surface area (Å²) in [6.45, 7) is 1.73. The first-order chi connectivity index (χ1) is 14.8. The maximum atomic E-state index is 13.3. The van der Waals surface area contributed by atoms with Gasteiger partial charge < -0.3 is 19.6 Å². The molecular formula is C19H20N4O7S. The Morgan fingerprint density at radius 2 is 1.71 bits per heavy atom. The normalized spacial score (nSPS) is 16.5. The summed E-state index contributed by atoms with van der Waals surface area (Å²) in [6.07, 6.45) is -0.972. The Bertz CT molecular complexity index is 1130. The van der Waals surface area contributed by atoms with Crippen molar-refractivity contribution in [3.05, 3.63) is 52.6 Å². The zero-order valence-electron chi connectivity index (χ0n) is 16.4. The van der Waals surface area contributed by atoms with Crippen molar-refractivity contribution >= 4 is 33.2 Å². The van der Waals surface area contributed by atoms with Gasteiger partial charge in [-0.1, -0.05) is 12.1 Å². The van der Waals surface area contributed by atoms with E-state index in [1.54, 1.807) is 18.2 Å². The third-order valence-electron chi connectivity index (χ3n) is 5.29. The van der Waals surface area contributed by atoms with Gasteiger partial charge in [0.15, 0.2) is 5.75 Å². The van der Waals surface area contributed by atoms with E-state index in [9.17, 15) is 23.3 Å². The number of nitro benzene ring substituents is 1. The molecule has 12 heteroatoms. The Balaban J connectivity index is 1.68. The number of rotatable bonds is 4. The van der Waals surface area contributed by atoms with E-state index in [0.717, 1.165) is 6.07 Å². The number of non-ortho nitro benzene ring substituents is 1. The number of nitro groups is 1. The third-order valence-corrected chi connectivity index (χ3v) is 7.10. The smallest absolute Gasteiger partial charge is 0.407 e. The number of amides is 1. The van der Waals surface area contributed by atoms with Crippen LogP contribution in [0.5, 0.6) is 5.75 Å². The number of fused-ring (bicyclic) bond motifs is 1. The van der Waals surface area contributed by atoms with Crippen LogP contribution in [0.15, 0.2) is 47.4 Å². The second kappa shape index (κ2) is 7.95. The third kappa shape index (κ3) is 3.81. The maximum Gasteiger partial charge on any atom is 0.407 e. The van der Waals surface area contributed by atoms with Gasteiger partial charge in [-0.3, -0.25) is 14.4 Å². The highest BCUT2D eigenvalue weighted by Crippen LogP contribution is 2.42. The van der Waals surface area contributed by atoms with Gasteiger partial charge in [0, 0.05) is 38.3 Å². The largest absolute Gasteiger partial charge is 0.487 e. The molecule has 0 atom stereocenters. The molecule has 2 aliphatic heterocycles. The Kier molecular flexibility index (Phi) is 5.31. The monoisotopic (exact) mass is 448 g/mol. The van der Waals surface area contributed by atoms with Crippen LogP contribution in [0.2, 0.25) is 0 Å². The summed E-state index contributed by atoms with van der Waals surface area (Å²) in [5.41, 5.74) is 0.719. The molecule has 0 aliphatic carbocycles. The van der Waals surface area contributed by atoms with Gasteiger partial charge >= 0.3 is 6.09 Å². The maximum absolute atomic E-state index is 13.3. The fourth-order valence-corrected chi connectivity index (χ4v) is 5.22. The summed E-state index contributed by atoms with van der Waals surface area (Å²) in [5, 5.41) is 20.2. The average molecular weight is 448 g/mol. The van der Waals surface area contributed by atoms with Crippen molar-refractivity contribution in [3.8, 4) is 5.75 Å². The second-order valence-electron chi connectivity index (χ2n) is 7.06. The number of piperazine rings is 1. The van der Waals surface area contributed by atoms with Crippen LogP contribution in [0.4, 0.5) is 21.9 Å². The van der Waals surface area contributed by atoms with E-state index in [1.807, 2.05) is 4.90 Å². The molecule has 164 valence electrons. The molecule has 1 fully saturated rings. The molecule has 2 heterocycles. The second-order valence-corrected chi connectivity index (χ2v) is 8.92. The summed E-state index contributed by atoms with van der Waals surface area (Å²) in [5.74, 6) is 0.395. The summed E-state index contributed by atoms with van der Waals surface area (Å²) in [4.78, 5) is 24.7. The van der Waals surface area contributed by atoms with E-state index in [2.05, 4.69) is 0 Å². The van der Waals surface area contributed by atoms with Crippen LogP contribution >= 0.6 is 0 Å². The van der Waals surface area contributed by atoms with E-state index in [1.165, 1.54) is 27.4 Å². The van der Waals surface area contributed by atoms with Crippen molar-refractivity contribution in [1.82, 2.24) is 4.90 Å². The molecule has 0 unspecified atom stereocenters. The van der Waals surface area contributed by atoms with Crippen LogP contribution in [-0.4, -0.2) is 68.8 Å². The lowest BCUT2D eigenvalue weighted by Gasteiger charge is -2.38. The predicted molar refractivity (Wildman–Crippen MR) is 111 cm³/mol. The number of hydrogen-bond donors (Lipinski definition) is 1. The SMILES string of the molecule is O=C(O)N1CCN(c2cccc3c2OCCN3S(=O)(=O)c2cccc([N+](=O)[O-])c2)CC1. The van der Waals surface area contributed by atoms with Crippen molar-refractivity contribution in [2.75, 3.05) is 48.5 Å². The number of carboxylic acid groups (broad SMARTS) is 1. The van der Waals surface area contributed by atoms with Gasteiger partial charge in [-0.15, -0.1) is 0 Å². The molecule has 1 amide bonds. The van der Waals surface area contributed by atoms with Crippen molar-refractivity contribution < 1.29 is 28.0 Å². The first-order valence-electron chi connectivity index (χ1n) is 9.55. The molecule has 1 saturated heterocycles. The number of hydrogen-bond acceptors (Lipinski definition) is 7. The molecule has 0 radical (unpaired) electrons. The number of carbonyl (C=O) groups is 1. The molecule has 0 aromatic heterocycles. The van der Waals surface area contributed by atoms with Crippen molar-refractivity contribution in [1.29, 1.82) is 0 Å². The van der Waals surface area contributed by atoms with E-state index < -0.39 is 21.0 Å². The molecule has 2 aromatic rings. The summed E-state index contributed by atoms with van der Waals surface area (Å²) >= 11 is 0. The number of ether oxygens (including phenoxy) is 1. The van der Waals surface area contributed by atoms with Crippen molar-refractivity contribution in [2.24, 2.45) is 0 Å². The lowest BCUT2D eigenvalue weighted by Crippen LogP contribution is -2.48. The van der Waals surface area contributed by atoms with Crippen LogP contribution in [0, 0.1) is 10.1 Å². The fourth-order valence-electron chi connectivity index (χ4n) is 3.73. The Labute approximate surface area is 178 Å². The molecule has 1 N–H and O–H groups in total. The van der Waals surface area contributed by atoms with Gasteiger partial charge in [0.05, 0.1) is 27.7 Å². The van der Waals surface area contributed by atoms with Crippen LogP contribution in [0.1, 0.15) is 0 Å². The molecule has 0 saturated carbocycles. The summed E-state index contributed by atoms with van der Waals surface area (Å²) in [7, 11) is -4.05. The molecular weight excluding hydrogens is 428 g/mol. The zero-order valence-corrected chi connectivity index (χ0v) is 17.2. The first kappa shape index (κ1) is 20.7. The summed E-state index contributed by atoms with van der Waals surface area (Å²) < 4.78 is 33.6. The highest BCUT2D eigenvalue weighted by molar-refractivity contribution is 7.92. The van der Waals surface area contributed by atoms with Gasteiger partial charge in [-0.05, 0) is 18.2 Å². The standard InChI is InChI=1S/C19H20N4O7S/c24-19(25)21-9-7-20(8-10-21)16-5-2-6-17-18(16)30-12-11-22(17)31(28,29)15-4-1-3-14(13-15)23(26)27/h1-6,13H,7-12H2,(H,24,25). The highest BCUT2D eigenvalue weighted by Gasteiger charge is 2.33. The molecule has 2 aromatic carbocycles. The minimum absolute atomic E-state index is 0.0638. The van der Waals surface area contributed by atoms with Crippen LogP contribution in [0.25, 0.3) is 0 Å². The Morgan fingerprint density at radius 1 is 1.03 bits per heavy atom. The van der Waals surface area contributed by atoms with E-state index in [4.69, 9.17) is 9.84 Å². The van der Waals surface area contributed by atoms with Gasteiger partial charge in [0.25, 0.3) is 15.7 Å². The number of benzene rings is 2. The minimum Gasteiger partial charge on any atom is -0.487 e. The number of sulfonamides is 1. The van der Waals surface area contributed by atoms with Crippen molar-refractivity contribution in [2.45, 2.75) is 4.90 Å². The predicted octanol–water partition coefficient (Wildman–Crippen LogP) is 1.98. The average Bonchev–Trinajstić information content (AvgIpc) is 2.78. The van der Waals surface area contributed by atoms with E-state index in [-0.39, 0.29) is 23.7 Å². The topological polar surface area (TPSA) is 134 Å². The van der Waals surface area contributed by atoms with Crippen LogP contribution in [-0.2, 0) is 10.0 Å². The highest BCUT2D eigenvalue weighted by atomic mass is 32.2. The fraction of sp³-hybridized carbons (Fsp3) is 0.316. The number of para-hydroxylation sites is 1. The lowest BCUT2D eigenvalue weighted by atomic mass is 10.2. The van der Waals surface area contributed by atoms with E-state index in [0.29, 0.717) is 43.3 Å². The van der Waals surface area contributed by atoms with Gasteiger partial charge in [-0.2, -0.15) is 0 Å². The van der Waals surface area contributed by atoms with Crippen molar-refractivity contribution in [3.63, 3.8) is 0 Å². The molecule has 11 nitrogen and oxygen atoms in total. The minimum atomic E-state index is -4.05. The molecule has 31 heavy (non-hydrogen) atoms.